The molecule has 7 heteroatoms. The molecule has 1 aromatic rings. The Balaban J connectivity index is 2.86. The lowest BCUT2D eigenvalue weighted by atomic mass is 10.3. The SMILES string of the molecule is CC(C)(C)S(=O)(=O)Nc1cccc(OCC(=O)O)c1. The van der Waals surface area contributed by atoms with Crippen LogP contribution in [0.25, 0.3) is 0 Å². The van der Waals surface area contributed by atoms with Crippen LogP contribution in [0, 0.1) is 0 Å². The van der Waals surface area contributed by atoms with Gasteiger partial charge in [-0.3, -0.25) is 4.72 Å². The zero-order valence-corrected chi connectivity index (χ0v) is 11.8. The van der Waals surface area contributed by atoms with Crippen molar-refractivity contribution in [3.63, 3.8) is 0 Å². The van der Waals surface area contributed by atoms with E-state index in [2.05, 4.69) is 4.72 Å². The first kappa shape index (κ1) is 15.3. The van der Waals surface area contributed by atoms with Crippen LogP contribution in [0.2, 0.25) is 0 Å². The third-order valence-electron chi connectivity index (χ3n) is 2.25. The van der Waals surface area contributed by atoms with Gasteiger partial charge in [-0.15, -0.1) is 0 Å². The zero-order chi connectivity index (χ0) is 14.7. The quantitative estimate of drug-likeness (QED) is 0.859. The van der Waals surface area contributed by atoms with Crippen LogP contribution >= 0.6 is 0 Å². The van der Waals surface area contributed by atoms with Crippen LogP contribution in [0.4, 0.5) is 5.69 Å². The topological polar surface area (TPSA) is 92.7 Å². The van der Waals surface area contributed by atoms with E-state index in [-0.39, 0.29) is 5.75 Å². The van der Waals surface area contributed by atoms with Crippen molar-refractivity contribution in [1.29, 1.82) is 0 Å². The summed E-state index contributed by atoms with van der Waals surface area (Å²) in [5.41, 5.74) is 0.331. The predicted molar refractivity (Wildman–Crippen MR) is 71.9 cm³/mol. The number of hydrogen-bond donors (Lipinski definition) is 2. The van der Waals surface area contributed by atoms with E-state index in [1.54, 1.807) is 39.0 Å². The van der Waals surface area contributed by atoms with Crippen molar-refractivity contribution in [1.82, 2.24) is 0 Å². The highest BCUT2D eigenvalue weighted by atomic mass is 32.2. The Labute approximate surface area is 112 Å². The summed E-state index contributed by atoms with van der Waals surface area (Å²) in [6.07, 6.45) is 0. The van der Waals surface area contributed by atoms with Gasteiger partial charge in [0.15, 0.2) is 6.61 Å². The fourth-order valence-electron chi connectivity index (χ4n) is 1.10. The number of aliphatic carboxylic acids is 1. The van der Waals surface area contributed by atoms with Crippen molar-refractivity contribution >= 4 is 21.7 Å². The van der Waals surface area contributed by atoms with Gasteiger partial charge in [0.05, 0.1) is 10.4 Å². The van der Waals surface area contributed by atoms with E-state index in [0.29, 0.717) is 5.69 Å². The number of carbonyl (C=O) groups is 1. The molecule has 106 valence electrons. The summed E-state index contributed by atoms with van der Waals surface area (Å²) in [6, 6.07) is 6.14. The molecule has 0 heterocycles. The number of sulfonamides is 1. The van der Waals surface area contributed by atoms with E-state index in [9.17, 15) is 13.2 Å². The predicted octanol–water partition coefficient (Wildman–Crippen LogP) is 1.69. The van der Waals surface area contributed by atoms with Crippen LogP contribution in [0.1, 0.15) is 20.8 Å². The van der Waals surface area contributed by atoms with E-state index in [1.165, 1.54) is 6.07 Å². The molecule has 0 aliphatic heterocycles. The summed E-state index contributed by atoms with van der Waals surface area (Å²) < 4.78 is 30.4. The fraction of sp³-hybridized carbons (Fsp3) is 0.417. The number of benzene rings is 1. The minimum absolute atomic E-state index is 0.288. The molecule has 2 N–H and O–H groups in total. The smallest absolute Gasteiger partial charge is 0.341 e. The molecule has 1 rings (SSSR count). The van der Waals surface area contributed by atoms with Gasteiger partial charge >= 0.3 is 5.97 Å². The molecular weight excluding hydrogens is 270 g/mol. The minimum Gasteiger partial charge on any atom is -0.482 e. The van der Waals surface area contributed by atoms with Gasteiger partial charge in [0, 0.05) is 6.07 Å². The van der Waals surface area contributed by atoms with Gasteiger partial charge < -0.3 is 9.84 Å². The molecule has 0 radical (unpaired) electrons. The van der Waals surface area contributed by atoms with E-state index in [0.717, 1.165) is 0 Å². The first-order valence-electron chi connectivity index (χ1n) is 5.59. The molecule has 0 aliphatic carbocycles. The molecule has 0 amide bonds. The third-order valence-corrected chi connectivity index (χ3v) is 4.37. The maximum atomic E-state index is 12.0. The molecule has 0 atom stereocenters. The summed E-state index contributed by atoms with van der Waals surface area (Å²) in [5, 5.41) is 8.50. The standard InChI is InChI=1S/C12H17NO5S/c1-12(2,3)19(16,17)13-9-5-4-6-10(7-9)18-8-11(14)15/h4-7,13H,8H2,1-3H3,(H,14,15). The lowest BCUT2D eigenvalue weighted by Crippen LogP contribution is -2.33. The molecule has 0 aromatic heterocycles. The third kappa shape index (κ3) is 4.44. The Morgan fingerprint density at radius 1 is 1.37 bits per heavy atom. The zero-order valence-electron chi connectivity index (χ0n) is 11.0. The molecule has 0 bridgehead atoms. The number of nitrogens with one attached hydrogen (secondary N) is 1. The van der Waals surface area contributed by atoms with Crippen molar-refractivity contribution in [3.05, 3.63) is 24.3 Å². The molecule has 0 unspecified atom stereocenters. The molecule has 0 saturated carbocycles. The normalized spacial score (nSPS) is 11.9. The molecule has 0 saturated heterocycles. The largest absolute Gasteiger partial charge is 0.482 e. The van der Waals surface area contributed by atoms with Crippen LogP contribution in [-0.2, 0) is 14.8 Å². The van der Waals surface area contributed by atoms with Crippen molar-refractivity contribution in [2.45, 2.75) is 25.5 Å². The van der Waals surface area contributed by atoms with Gasteiger partial charge in [0.2, 0.25) is 10.0 Å². The van der Waals surface area contributed by atoms with E-state index in [1.807, 2.05) is 0 Å². The monoisotopic (exact) mass is 287 g/mol. The number of carboxylic acid groups (broad SMARTS) is 1. The molecular formula is C12H17NO5S. The highest BCUT2D eigenvalue weighted by molar-refractivity contribution is 7.94. The molecule has 0 spiro atoms. The molecule has 19 heavy (non-hydrogen) atoms. The highest BCUT2D eigenvalue weighted by Crippen LogP contribution is 2.22. The van der Waals surface area contributed by atoms with Gasteiger partial charge in [-0.05, 0) is 32.9 Å². The molecule has 0 fully saturated rings. The summed E-state index contributed by atoms with van der Waals surface area (Å²) in [5.74, 6) is -0.808. The second-order valence-electron chi connectivity index (χ2n) is 4.93. The summed E-state index contributed by atoms with van der Waals surface area (Å²) >= 11 is 0. The van der Waals surface area contributed by atoms with E-state index >= 15 is 0 Å². The molecule has 0 aliphatic rings. The van der Waals surface area contributed by atoms with Gasteiger partial charge in [-0.25, -0.2) is 13.2 Å². The Morgan fingerprint density at radius 2 is 2.00 bits per heavy atom. The van der Waals surface area contributed by atoms with Crippen molar-refractivity contribution < 1.29 is 23.1 Å². The minimum atomic E-state index is -3.52. The van der Waals surface area contributed by atoms with Crippen molar-refractivity contribution in [2.24, 2.45) is 0 Å². The van der Waals surface area contributed by atoms with Crippen LogP contribution in [0.5, 0.6) is 5.75 Å². The lowest BCUT2D eigenvalue weighted by Gasteiger charge is -2.20. The molecule has 1 aromatic carbocycles. The second kappa shape index (κ2) is 5.48. The van der Waals surface area contributed by atoms with Gasteiger partial charge in [-0.1, -0.05) is 6.07 Å². The first-order chi connectivity index (χ1) is 8.62. The Hall–Kier alpha value is -1.76. The average molecular weight is 287 g/mol. The van der Waals surface area contributed by atoms with Crippen LogP contribution in [-0.4, -0.2) is 30.8 Å². The Morgan fingerprint density at radius 3 is 2.53 bits per heavy atom. The van der Waals surface area contributed by atoms with Crippen LogP contribution in [0.15, 0.2) is 24.3 Å². The maximum absolute atomic E-state index is 12.0. The number of carboxylic acids is 1. The van der Waals surface area contributed by atoms with Crippen LogP contribution in [0.3, 0.4) is 0 Å². The van der Waals surface area contributed by atoms with E-state index in [4.69, 9.17) is 9.84 Å². The average Bonchev–Trinajstić information content (AvgIpc) is 2.24. The fourth-order valence-corrected chi connectivity index (χ4v) is 1.85. The maximum Gasteiger partial charge on any atom is 0.341 e. The summed E-state index contributed by atoms with van der Waals surface area (Å²) in [4.78, 5) is 10.4. The lowest BCUT2D eigenvalue weighted by molar-refractivity contribution is -0.139. The number of ether oxygens (including phenoxy) is 1. The van der Waals surface area contributed by atoms with Crippen molar-refractivity contribution in [2.75, 3.05) is 11.3 Å². The second-order valence-corrected chi connectivity index (χ2v) is 7.36. The Bertz CT molecular complexity index is 560. The summed E-state index contributed by atoms with van der Waals surface area (Å²) in [6.45, 7) is 4.27. The summed E-state index contributed by atoms with van der Waals surface area (Å²) in [7, 11) is -3.52. The van der Waals surface area contributed by atoms with Gasteiger partial charge in [-0.2, -0.15) is 0 Å². The molecule has 6 nitrogen and oxygen atoms in total. The number of anilines is 1. The van der Waals surface area contributed by atoms with Gasteiger partial charge in [0.1, 0.15) is 5.75 Å². The van der Waals surface area contributed by atoms with Gasteiger partial charge in [0.25, 0.3) is 0 Å². The number of rotatable bonds is 5. The number of hydrogen-bond acceptors (Lipinski definition) is 4. The Kier molecular flexibility index (Phi) is 4.41. The van der Waals surface area contributed by atoms with Crippen LogP contribution < -0.4 is 9.46 Å². The first-order valence-corrected chi connectivity index (χ1v) is 7.07. The highest BCUT2D eigenvalue weighted by Gasteiger charge is 2.28. The van der Waals surface area contributed by atoms with Crippen molar-refractivity contribution in [3.8, 4) is 5.75 Å². The van der Waals surface area contributed by atoms with E-state index < -0.39 is 27.3 Å².